The van der Waals surface area contributed by atoms with Crippen molar-refractivity contribution in [2.45, 2.75) is 76.9 Å². The van der Waals surface area contributed by atoms with E-state index in [9.17, 15) is 18.4 Å². The Morgan fingerprint density at radius 3 is 2.31 bits per heavy atom. The summed E-state index contributed by atoms with van der Waals surface area (Å²) in [7, 11) is 1.78. The van der Waals surface area contributed by atoms with Gasteiger partial charge in [-0.3, -0.25) is 19.1 Å². The maximum atomic E-state index is 14.6. The molecule has 6 heterocycles. The first-order valence-corrected chi connectivity index (χ1v) is 18.3. The number of halogens is 2. The number of anilines is 3. The molecule has 52 heavy (non-hydrogen) atoms. The van der Waals surface area contributed by atoms with Gasteiger partial charge in [-0.25, -0.2) is 23.5 Å². The molecule has 0 atom stereocenters. The normalized spacial score (nSPS) is 21.0. The van der Waals surface area contributed by atoms with Crippen molar-refractivity contribution in [3.8, 4) is 11.1 Å². The summed E-state index contributed by atoms with van der Waals surface area (Å²) in [5.41, 5.74) is 5.23. The second-order valence-electron chi connectivity index (χ2n) is 14.5. The molecule has 8 rings (SSSR count). The number of rotatable bonds is 7. The monoisotopic (exact) mass is 714 g/mol. The van der Waals surface area contributed by atoms with Crippen molar-refractivity contribution in [3.63, 3.8) is 0 Å². The summed E-state index contributed by atoms with van der Waals surface area (Å²) in [5, 5.41) is 18.7. The van der Waals surface area contributed by atoms with Crippen molar-refractivity contribution in [1.82, 2.24) is 39.3 Å². The number of aromatic carboxylic acids is 1. The van der Waals surface area contributed by atoms with E-state index in [4.69, 9.17) is 10.2 Å². The topological polar surface area (TPSA) is 129 Å². The molecule has 3 aromatic heterocycles. The summed E-state index contributed by atoms with van der Waals surface area (Å²) in [6, 6.07) is 4.25. The van der Waals surface area contributed by atoms with Crippen molar-refractivity contribution >= 4 is 29.3 Å². The SMILES string of the molecule is CC(=O)N1CCc2c(c(N3CCCc4cc(-c5cnn(C)c5)c(C(F)F)cc43)nn2C2CCC(N3CCN(c4ncc(C(=O)O)cn4)CC3)CC2)C1. The summed E-state index contributed by atoms with van der Waals surface area (Å²) in [4.78, 5) is 41.0. The fourth-order valence-electron chi connectivity index (χ4n) is 8.63. The minimum atomic E-state index is -2.65. The molecule has 13 nitrogen and oxygen atoms in total. The van der Waals surface area contributed by atoms with Crippen LogP contribution in [0.1, 0.15) is 84.2 Å². The highest BCUT2D eigenvalue weighted by Gasteiger charge is 2.36. The molecule has 0 spiro atoms. The van der Waals surface area contributed by atoms with E-state index in [2.05, 4.69) is 34.4 Å². The van der Waals surface area contributed by atoms with Gasteiger partial charge in [0.05, 0.1) is 24.3 Å². The van der Waals surface area contributed by atoms with Gasteiger partial charge in [-0.2, -0.15) is 10.2 Å². The fourth-order valence-corrected chi connectivity index (χ4v) is 8.63. The first kappa shape index (κ1) is 34.2. The zero-order valence-corrected chi connectivity index (χ0v) is 29.6. The smallest absolute Gasteiger partial charge is 0.338 e. The van der Waals surface area contributed by atoms with Crippen molar-refractivity contribution in [2.75, 3.05) is 49.1 Å². The summed E-state index contributed by atoms with van der Waals surface area (Å²) < 4.78 is 33.1. The molecule has 1 aromatic carbocycles. The average Bonchev–Trinajstić information content (AvgIpc) is 3.77. The predicted molar refractivity (Wildman–Crippen MR) is 190 cm³/mol. The van der Waals surface area contributed by atoms with Gasteiger partial charge in [0.25, 0.3) is 6.43 Å². The number of carbonyl (C=O) groups is 2. The number of aromatic nitrogens is 6. The average molecular weight is 715 g/mol. The Morgan fingerprint density at radius 1 is 0.923 bits per heavy atom. The molecular formula is C37H44F2N10O3. The Kier molecular flexibility index (Phi) is 9.14. The lowest BCUT2D eigenvalue weighted by Gasteiger charge is -2.42. The number of amides is 1. The van der Waals surface area contributed by atoms with Gasteiger partial charge in [0, 0.05) is 112 Å². The van der Waals surface area contributed by atoms with Crippen LogP contribution in [-0.2, 0) is 31.2 Å². The summed E-state index contributed by atoms with van der Waals surface area (Å²) in [6.45, 7) is 6.70. The predicted octanol–water partition coefficient (Wildman–Crippen LogP) is 5.00. The Hall–Kier alpha value is -4.92. The molecule has 0 radical (unpaired) electrons. The Bertz CT molecular complexity index is 1960. The summed E-state index contributed by atoms with van der Waals surface area (Å²) in [6.07, 6.45) is 9.88. The lowest BCUT2D eigenvalue weighted by atomic mass is 9.89. The third-order valence-corrected chi connectivity index (χ3v) is 11.4. The van der Waals surface area contributed by atoms with Crippen LogP contribution in [0, 0.1) is 0 Å². The number of nitrogens with zero attached hydrogens (tertiary/aromatic N) is 10. The van der Waals surface area contributed by atoms with Crippen molar-refractivity contribution < 1.29 is 23.5 Å². The maximum Gasteiger partial charge on any atom is 0.338 e. The number of hydrogen-bond acceptors (Lipinski definition) is 9. The Morgan fingerprint density at radius 2 is 1.65 bits per heavy atom. The van der Waals surface area contributed by atoms with Crippen LogP contribution in [-0.4, -0.2) is 102 Å². The number of fused-ring (bicyclic) bond motifs is 2. The van der Waals surface area contributed by atoms with E-state index in [0.29, 0.717) is 49.2 Å². The number of aryl methyl sites for hydroxylation is 2. The van der Waals surface area contributed by atoms with E-state index in [0.717, 1.165) is 93.0 Å². The highest BCUT2D eigenvalue weighted by Crippen LogP contribution is 2.44. The molecule has 1 N–H and O–H groups in total. The van der Waals surface area contributed by atoms with Crippen LogP contribution in [0.15, 0.2) is 36.9 Å². The van der Waals surface area contributed by atoms with Gasteiger partial charge >= 0.3 is 5.97 Å². The molecule has 0 unspecified atom stereocenters. The molecule has 0 bridgehead atoms. The molecule has 3 aliphatic heterocycles. The Labute approximate surface area is 300 Å². The Balaban J connectivity index is 1.02. The van der Waals surface area contributed by atoms with Crippen LogP contribution in [0.3, 0.4) is 0 Å². The van der Waals surface area contributed by atoms with Crippen LogP contribution >= 0.6 is 0 Å². The van der Waals surface area contributed by atoms with E-state index in [-0.39, 0.29) is 23.1 Å². The molecule has 274 valence electrons. The largest absolute Gasteiger partial charge is 0.478 e. The number of piperazine rings is 1. The molecule has 1 saturated heterocycles. The second-order valence-corrected chi connectivity index (χ2v) is 14.5. The number of hydrogen-bond donors (Lipinski definition) is 1. The second kappa shape index (κ2) is 13.9. The third-order valence-electron chi connectivity index (χ3n) is 11.4. The van der Waals surface area contributed by atoms with E-state index in [1.807, 2.05) is 11.0 Å². The molecule has 2 fully saturated rings. The molecular weight excluding hydrogens is 670 g/mol. The third kappa shape index (κ3) is 6.39. The fraction of sp³-hybridized carbons (Fsp3) is 0.514. The highest BCUT2D eigenvalue weighted by molar-refractivity contribution is 5.86. The lowest BCUT2D eigenvalue weighted by Crippen LogP contribution is -2.51. The van der Waals surface area contributed by atoms with Gasteiger partial charge in [0.2, 0.25) is 11.9 Å². The number of carboxylic acids is 1. The molecule has 1 saturated carbocycles. The molecule has 4 aliphatic rings. The zero-order chi connectivity index (χ0) is 36.1. The van der Waals surface area contributed by atoms with Crippen molar-refractivity contribution in [1.29, 1.82) is 0 Å². The van der Waals surface area contributed by atoms with Gasteiger partial charge in [-0.05, 0) is 61.8 Å². The molecule has 4 aromatic rings. The standard InChI is InChI=1S/C37H44F2N10O3/c1-23(50)47-11-9-32-31(22-47)35(48-10-3-4-24-16-29(26-20-42-44(2)21-26)30(34(38)39)17-33(24)48)43-49(32)28-7-5-27(6-8-28)45-12-14-46(15-13-45)37-40-18-25(19-41-37)36(51)52/h16-21,27-28,34H,3-15,22H2,1-2H3,(H,51,52). The number of benzene rings is 1. The van der Waals surface area contributed by atoms with Gasteiger partial charge in [-0.1, -0.05) is 0 Å². The summed E-state index contributed by atoms with van der Waals surface area (Å²) >= 11 is 0. The molecule has 1 amide bonds. The number of alkyl halides is 2. The van der Waals surface area contributed by atoms with Crippen molar-refractivity contribution in [3.05, 3.63) is 64.9 Å². The molecule has 1 aliphatic carbocycles. The van der Waals surface area contributed by atoms with Crippen LogP contribution in [0.2, 0.25) is 0 Å². The van der Waals surface area contributed by atoms with Crippen LogP contribution in [0.4, 0.5) is 26.2 Å². The van der Waals surface area contributed by atoms with Gasteiger partial charge in [-0.15, -0.1) is 0 Å². The van der Waals surface area contributed by atoms with Gasteiger partial charge in [0.1, 0.15) is 0 Å². The number of carboxylic acid groups (broad SMARTS) is 1. The number of carbonyl (C=O) groups excluding carboxylic acids is 1. The summed E-state index contributed by atoms with van der Waals surface area (Å²) in [5.74, 6) is 0.335. The first-order valence-electron chi connectivity index (χ1n) is 18.3. The van der Waals surface area contributed by atoms with Crippen molar-refractivity contribution in [2.24, 2.45) is 7.05 Å². The van der Waals surface area contributed by atoms with Crippen LogP contribution in [0.25, 0.3) is 11.1 Å². The minimum absolute atomic E-state index is 0.0138. The minimum Gasteiger partial charge on any atom is -0.478 e. The first-order chi connectivity index (χ1) is 25.1. The van der Waals surface area contributed by atoms with E-state index in [1.165, 1.54) is 12.4 Å². The van der Waals surface area contributed by atoms with Crippen LogP contribution < -0.4 is 9.80 Å². The maximum absolute atomic E-state index is 14.6. The van der Waals surface area contributed by atoms with Gasteiger partial charge < -0.3 is 19.8 Å². The lowest BCUT2D eigenvalue weighted by molar-refractivity contribution is -0.129. The van der Waals surface area contributed by atoms with Gasteiger partial charge in [0.15, 0.2) is 5.82 Å². The van der Waals surface area contributed by atoms with E-state index >= 15 is 0 Å². The highest BCUT2D eigenvalue weighted by atomic mass is 19.3. The van der Waals surface area contributed by atoms with E-state index in [1.54, 1.807) is 37.1 Å². The molecule has 15 heteroatoms. The van der Waals surface area contributed by atoms with E-state index < -0.39 is 12.4 Å². The van der Waals surface area contributed by atoms with Crippen LogP contribution in [0.5, 0.6) is 0 Å². The zero-order valence-electron chi connectivity index (χ0n) is 29.6. The quantitative estimate of drug-likeness (QED) is 0.279.